The first-order chi connectivity index (χ1) is 10.5. The molecule has 1 amide bonds. The fourth-order valence-electron chi connectivity index (χ4n) is 1.57. The highest BCUT2D eigenvalue weighted by molar-refractivity contribution is 6.11. The molecule has 0 heterocycles. The van der Waals surface area contributed by atoms with Gasteiger partial charge in [0.25, 0.3) is 5.69 Å². The summed E-state index contributed by atoms with van der Waals surface area (Å²) in [6.07, 6.45) is -0.745. The molecule has 0 bridgehead atoms. The van der Waals surface area contributed by atoms with Crippen LogP contribution in [0.5, 0.6) is 0 Å². The number of methoxy groups -OCH3 is 1. The fraction of sp³-hybridized carbons (Fsp3) is 0.0667. The third-order valence-electron chi connectivity index (χ3n) is 2.58. The number of hydrogen-bond acceptors (Lipinski definition) is 5. The Morgan fingerprint density at radius 2 is 1.55 bits per heavy atom. The summed E-state index contributed by atoms with van der Waals surface area (Å²) in [6.45, 7) is 0. The zero-order valence-corrected chi connectivity index (χ0v) is 11.8. The Morgan fingerprint density at radius 1 is 1.05 bits per heavy atom. The highest BCUT2D eigenvalue weighted by atomic mass is 16.6. The third kappa shape index (κ3) is 4.71. The van der Waals surface area contributed by atoms with Crippen LogP contribution in [0, 0.1) is 10.1 Å². The first-order valence-electron chi connectivity index (χ1n) is 6.14. The van der Waals surface area contributed by atoms with Crippen LogP contribution in [-0.4, -0.2) is 23.9 Å². The lowest BCUT2D eigenvalue weighted by atomic mass is 10.0. The molecule has 0 radical (unpaired) electrons. The molecule has 2 aromatic carbocycles. The SMILES string of the molecule is COC(N)=O.O=C(c1ccccc1)c1ccccc1[N+](=O)[O-]. The summed E-state index contributed by atoms with van der Waals surface area (Å²) in [5.41, 5.74) is 4.83. The number of rotatable bonds is 3. The van der Waals surface area contributed by atoms with E-state index >= 15 is 0 Å². The number of ether oxygens (including phenoxy) is 1. The number of primary amides is 1. The number of nitrogens with two attached hydrogens (primary N) is 1. The molecule has 0 unspecified atom stereocenters. The van der Waals surface area contributed by atoms with Crippen LogP contribution in [0.25, 0.3) is 0 Å². The molecule has 0 aliphatic heterocycles. The second-order valence-electron chi connectivity index (χ2n) is 3.99. The number of benzene rings is 2. The average Bonchev–Trinajstić information content (AvgIpc) is 2.55. The number of ketones is 1. The van der Waals surface area contributed by atoms with Gasteiger partial charge in [0.05, 0.1) is 12.0 Å². The molecule has 0 atom stereocenters. The largest absolute Gasteiger partial charge is 0.453 e. The predicted octanol–water partition coefficient (Wildman–Crippen LogP) is 2.54. The van der Waals surface area contributed by atoms with Gasteiger partial charge >= 0.3 is 6.09 Å². The summed E-state index contributed by atoms with van der Waals surface area (Å²) < 4.78 is 3.89. The molecule has 0 fully saturated rings. The van der Waals surface area contributed by atoms with Crippen LogP contribution < -0.4 is 5.73 Å². The van der Waals surface area contributed by atoms with Crippen LogP contribution in [0.15, 0.2) is 54.6 Å². The monoisotopic (exact) mass is 302 g/mol. The van der Waals surface area contributed by atoms with Crippen LogP contribution in [-0.2, 0) is 4.74 Å². The molecule has 0 aliphatic carbocycles. The van der Waals surface area contributed by atoms with Gasteiger partial charge in [-0.1, -0.05) is 42.5 Å². The molecule has 0 aliphatic rings. The van der Waals surface area contributed by atoms with Crippen molar-refractivity contribution in [3.05, 3.63) is 75.8 Å². The Bertz CT molecular complexity index is 671. The van der Waals surface area contributed by atoms with Gasteiger partial charge in [0.1, 0.15) is 5.56 Å². The summed E-state index contributed by atoms with van der Waals surface area (Å²) in [4.78, 5) is 31.7. The van der Waals surface area contributed by atoms with Gasteiger partial charge in [-0.2, -0.15) is 0 Å². The van der Waals surface area contributed by atoms with Crippen molar-refractivity contribution in [3.8, 4) is 0 Å². The van der Waals surface area contributed by atoms with E-state index in [4.69, 9.17) is 0 Å². The lowest BCUT2D eigenvalue weighted by Crippen LogP contribution is -2.08. The van der Waals surface area contributed by atoms with Gasteiger partial charge < -0.3 is 10.5 Å². The van der Waals surface area contributed by atoms with Crippen LogP contribution >= 0.6 is 0 Å². The number of hydrogen-bond donors (Lipinski definition) is 1. The van der Waals surface area contributed by atoms with Crippen molar-refractivity contribution < 1.29 is 19.2 Å². The van der Waals surface area contributed by atoms with E-state index in [1.807, 2.05) is 0 Å². The van der Waals surface area contributed by atoms with E-state index < -0.39 is 11.0 Å². The van der Waals surface area contributed by atoms with Crippen LogP contribution in [0.4, 0.5) is 10.5 Å². The van der Waals surface area contributed by atoms with E-state index in [-0.39, 0.29) is 17.0 Å². The Hall–Kier alpha value is -3.22. The van der Waals surface area contributed by atoms with E-state index in [1.54, 1.807) is 42.5 Å². The van der Waals surface area contributed by atoms with E-state index in [2.05, 4.69) is 10.5 Å². The van der Waals surface area contributed by atoms with Crippen molar-refractivity contribution in [2.75, 3.05) is 7.11 Å². The van der Waals surface area contributed by atoms with Gasteiger partial charge in [-0.15, -0.1) is 0 Å². The molecule has 114 valence electrons. The molecular formula is C15H14N2O5. The molecule has 7 nitrogen and oxygen atoms in total. The molecular weight excluding hydrogens is 288 g/mol. The van der Waals surface area contributed by atoms with E-state index in [0.717, 1.165) is 0 Å². The second-order valence-corrected chi connectivity index (χ2v) is 3.99. The van der Waals surface area contributed by atoms with E-state index in [1.165, 1.54) is 19.2 Å². The zero-order valence-electron chi connectivity index (χ0n) is 11.8. The van der Waals surface area contributed by atoms with Crippen LogP contribution in [0.1, 0.15) is 15.9 Å². The maximum atomic E-state index is 12.1. The molecule has 0 saturated carbocycles. The molecule has 2 rings (SSSR count). The van der Waals surface area contributed by atoms with Crippen LogP contribution in [0.3, 0.4) is 0 Å². The number of nitrogens with zero attached hydrogens (tertiary/aromatic N) is 1. The molecule has 7 heteroatoms. The quantitative estimate of drug-likeness (QED) is 0.532. The summed E-state index contributed by atoms with van der Waals surface area (Å²) in [7, 11) is 1.22. The van der Waals surface area contributed by atoms with Crippen molar-refractivity contribution >= 4 is 17.6 Å². The Balaban J connectivity index is 0.000000422. The first kappa shape index (κ1) is 16.8. The van der Waals surface area contributed by atoms with Gasteiger partial charge in [-0.05, 0) is 6.07 Å². The van der Waals surface area contributed by atoms with Gasteiger partial charge in [0.15, 0.2) is 5.78 Å². The summed E-state index contributed by atoms with van der Waals surface area (Å²) >= 11 is 0. The van der Waals surface area contributed by atoms with Crippen LogP contribution in [0.2, 0.25) is 0 Å². The number of nitro groups is 1. The molecule has 22 heavy (non-hydrogen) atoms. The molecule has 0 saturated heterocycles. The molecule has 2 N–H and O–H groups in total. The number of nitro benzene ring substituents is 1. The van der Waals surface area contributed by atoms with Crippen molar-refractivity contribution in [1.29, 1.82) is 0 Å². The number of carbonyl (C=O) groups excluding carboxylic acids is 2. The van der Waals surface area contributed by atoms with E-state index in [0.29, 0.717) is 5.56 Å². The minimum atomic E-state index is -0.745. The zero-order chi connectivity index (χ0) is 16.5. The Morgan fingerprint density at radius 3 is 2.05 bits per heavy atom. The van der Waals surface area contributed by atoms with E-state index in [9.17, 15) is 19.7 Å². The van der Waals surface area contributed by atoms with Gasteiger partial charge in [-0.25, -0.2) is 4.79 Å². The van der Waals surface area contributed by atoms with Gasteiger partial charge in [-0.3, -0.25) is 14.9 Å². The van der Waals surface area contributed by atoms with Crippen molar-refractivity contribution in [3.63, 3.8) is 0 Å². The van der Waals surface area contributed by atoms with Gasteiger partial charge in [0, 0.05) is 11.6 Å². The number of amides is 1. The second kappa shape index (κ2) is 8.15. The summed E-state index contributed by atoms with van der Waals surface area (Å²) in [5.74, 6) is -0.335. The smallest absolute Gasteiger partial charge is 0.404 e. The first-order valence-corrected chi connectivity index (χ1v) is 6.14. The molecule has 0 spiro atoms. The standard InChI is InChI=1S/C13H9NO3.C2H5NO2/c15-13(10-6-2-1-3-7-10)11-8-4-5-9-12(11)14(16)17;1-5-2(3)4/h1-9H;1H3,(H2,3,4). The Labute approximate surface area is 126 Å². The highest BCUT2D eigenvalue weighted by Crippen LogP contribution is 2.20. The normalized spacial score (nSPS) is 9.14. The maximum Gasteiger partial charge on any atom is 0.404 e. The lowest BCUT2D eigenvalue weighted by molar-refractivity contribution is -0.385. The Kier molecular flexibility index (Phi) is 6.24. The minimum absolute atomic E-state index is 0.115. The fourth-order valence-corrected chi connectivity index (χ4v) is 1.57. The third-order valence-corrected chi connectivity index (χ3v) is 2.58. The molecule has 0 aromatic heterocycles. The highest BCUT2D eigenvalue weighted by Gasteiger charge is 2.19. The topological polar surface area (TPSA) is 113 Å². The summed E-state index contributed by atoms with van der Waals surface area (Å²) in [6, 6.07) is 14.5. The van der Waals surface area contributed by atoms with Crippen molar-refractivity contribution in [2.45, 2.75) is 0 Å². The predicted molar refractivity (Wildman–Crippen MR) is 79.6 cm³/mol. The number of para-hydroxylation sites is 1. The average molecular weight is 302 g/mol. The van der Waals surface area contributed by atoms with Crippen molar-refractivity contribution in [2.24, 2.45) is 5.73 Å². The lowest BCUT2D eigenvalue weighted by Gasteiger charge is -2.01. The molecule has 2 aromatic rings. The summed E-state index contributed by atoms with van der Waals surface area (Å²) in [5, 5.41) is 10.8. The maximum absolute atomic E-state index is 12.1. The van der Waals surface area contributed by atoms with Crippen molar-refractivity contribution in [1.82, 2.24) is 0 Å². The number of carbonyl (C=O) groups is 2. The van der Waals surface area contributed by atoms with Gasteiger partial charge in [0.2, 0.25) is 0 Å². The minimum Gasteiger partial charge on any atom is -0.453 e.